The van der Waals surface area contributed by atoms with Crippen LogP contribution >= 0.6 is 0 Å². The third kappa shape index (κ3) is 1.56. The van der Waals surface area contributed by atoms with Crippen molar-refractivity contribution in [2.45, 2.75) is 18.9 Å². The van der Waals surface area contributed by atoms with Crippen LogP contribution in [0.4, 0.5) is 4.39 Å². The van der Waals surface area contributed by atoms with Crippen LogP contribution in [-0.4, -0.2) is 18.5 Å². The van der Waals surface area contributed by atoms with Gasteiger partial charge in [-0.15, -0.1) is 0 Å². The lowest BCUT2D eigenvalue weighted by molar-refractivity contribution is 0.228. The second-order valence-corrected chi connectivity index (χ2v) is 5.63. The third-order valence-corrected chi connectivity index (χ3v) is 4.57. The van der Waals surface area contributed by atoms with Crippen molar-refractivity contribution in [2.24, 2.45) is 0 Å². The summed E-state index contributed by atoms with van der Waals surface area (Å²) in [5.41, 5.74) is 6.45. The predicted octanol–water partition coefficient (Wildman–Crippen LogP) is 3.58. The molecule has 19 heavy (non-hydrogen) atoms. The van der Waals surface area contributed by atoms with Crippen LogP contribution in [0.15, 0.2) is 36.4 Å². The molecule has 1 unspecified atom stereocenters. The summed E-state index contributed by atoms with van der Waals surface area (Å²) in [6.45, 7) is 1.11. The van der Waals surface area contributed by atoms with E-state index in [-0.39, 0.29) is 5.82 Å². The van der Waals surface area contributed by atoms with Crippen molar-refractivity contribution in [2.75, 3.05) is 13.6 Å². The SMILES string of the molecule is CN1CCc2cccc3c2C1Cc1ccc(F)cc1-3. The van der Waals surface area contributed by atoms with Gasteiger partial charge < -0.3 is 0 Å². The Hall–Kier alpha value is -1.67. The van der Waals surface area contributed by atoms with Gasteiger partial charge in [0.25, 0.3) is 0 Å². The fraction of sp³-hybridized carbons (Fsp3) is 0.294. The number of halogens is 1. The molecule has 0 radical (unpaired) electrons. The minimum atomic E-state index is -0.140. The molecule has 2 heteroatoms. The second-order valence-electron chi connectivity index (χ2n) is 5.63. The van der Waals surface area contributed by atoms with E-state index in [4.69, 9.17) is 0 Å². The molecule has 0 aromatic heterocycles. The largest absolute Gasteiger partial charge is 0.299 e. The molecule has 0 spiro atoms. The van der Waals surface area contributed by atoms with E-state index >= 15 is 0 Å². The molecule has 1 atom stereocenters. The van der Waals surface area contributed by atoms with Gasteiger partial charge in [0.1, 0.15) is 5.82 Å². The lowest BCUT2D eigenvalue weighted by Crippen LogP contribution is -2.35. The first-order valence-electron chi connectivity index (χ1n) is 6.85. The fourth-order valence-corrected chi connectivity index (χ4v) is 3.58. The molecule has 1 aliphatic heterocycles. The summed E-state index contributed by atoms with van der Waals surface area (Å²) in [5, 5.41) is 0. The number of hydrogen-bond acceptors (Lipinski definition) is 1. The Kier molecular flexibility index (Phi) is 2.30. The predicted molar refractivity (Wildman–Crippen MR) is 74.6 cm³/mol. The summed E-state index contributed by atoms with van der Waals surface area (Å²) in [6, 6.07) is 12.1. The normalized spacial score (nSPS) is 20.8. The Morgan fingerprint density at radius 3 is 2.89 bits per heavy atom. The van der Waals surface area contributed by atoms with Gasteiger partial charge in [0.2, 0.25) is 0 Å². The quantitative estimate of drug-likeness (QED) is 0.693. The zero-order chi connectivity index (χ0) is 13.0. The molecule has 2 aliphatic rings. The van der Waals surface area contributed by atoms with Gasteiger partial charge in [-0.1, -0.05) is 24.3 Å². The summed E-state index contributed by atoms with van der Waals surface area (Å²) in [6.07, 6.45) is 2.09. The summed E-state index contributed by atoms with van der Waals surface area (Å²) < 4.78 is 13.5. The number of rotatable bonds is 0. The number of fused-ring (bicyclic) bond motifs is 2. The van der Waals surface area contributed by atoms with E-state index in [2.05, 4.69) is 30.1 Å². The molecule has 0 fully saturated rings. The van der Waals surface area contributed by atoms with Crippen LogP contribution in [0.2, 0.25) is 0 Å². The molecule has 0 saturated heterocycles. The van der Waals surface area contributed by atoms with Gasteiger partial charge in [-0.05, 0) is 59.8 Å². The zero-order valence-corrected chi connectivity index (χ0v) is 11.0. The van der Waals surface area contributed by atoms with E-state index in [0.717, 1.165) is 24.9 Å². The van der Waals surface area contributed by atoms with Crippen LogP contribution in [0.5, 0.6) is 0 Å². The van der Waals surface area contributed by atoms with Gasteiger partial charge in [-0.25, -0.2) is 4.39 Å². The van der Waals surface area contributed by atoms with E-state index < -0.39 is 0 Å². The van der Waals surface area contributed by atoms with E-state index in [9.17, 15) is 4.39 Å². The number of likely N-dealkylation sites (N-methyl/N-ethyl adjacent to an activating group) is 1. The molecule has 2 aromatic rings. The Balaban J connectivity index is 2.02. The molecular formula is C17H16FN. The Bertz CT molecular complexity index is 662. The lowest BCUT2D eigenvalue weighted by atomic mass is 9.77. The van der Waals surface area contributed by atoms with E-state index in [1.54, 1.807) is 12.1 Å². The maximum Gasteiger partial charge on any atom is 0.123 e. The van der Waals surface area contributed by atoms with Crippen molar-refractivity contribution in [1.82, 2.24) is 4.90 Å². The first-order chi connectivity index (χ1) is 9.24. The highest BCUT2D eigenvalue weighted by Gasteiger charge is 2.32. The summed E-state index contributed by atoms with van der Waals surface area (Å²) >= 11 is 0. The van der Waals surface area contributed by atoms with E-state index in [1.807, 2.05) is 6.07 Å². The molecule has 1 heterocycles. The van der Waals surface area contributed by atoms with Gasteiger partial charge in [-0.3, -0.25) is 4.90 Å². The Labute approximate surface area is 112 Å². The van der Waals surface area contributed by atoms with Gasteiger partial charge in [0, 0.05) is 12.6 Å². The molecular weight excluding hydrogens is 237 g/mol. The van der Waals surface area contributed by atoms with Crippen LogP contribution in [0.3, 0.4) is 0 Å². The zero-order valence-electron chi connectivity index (χ0n) is 11.0. The van der Waals surface area contributed by atoms with Crippen molar-refractivity contribution in [1.29, 1.82) is 0 Å². The van der Waals surface area contributed by atoms with Crippen LogP contribution in [0, 0.1) is 5.82 Å². The smallest absolute Gasteiger partial charge is 0.123 e. The number of benzene rings is 2. The van der Waals surface area contributed by atoms with Crippen LogP contribution in [-0.2, 0) is 12.8 Å². The first-order valence-corrected chi connectivity index (χ1v) is 6.85. The fourth-order valence-electron chi connectivity index (χ4n) is 3.58. The summed E-state index contributed by atoms with van der Waals surface area (Å²) in [4.78, 5) is 2.43. The summed E-state index contributed by atoms with van der Waals surface area (Å²) in [7, 11) is 2.19. The highest BCUT2D eigenvalue weighted by Crippen LogP contribution is 2.44. The van der Waals surface area contributed by atoms with Crippen molar-refractivity contribution >= 4 is 0 Å². The van der Waals surface area contributed by atoms with Crippen LogP contribution in [0.1, 0.15) is 22.7 Å². The Morgan fingerprint density at radius 1 is 1.11 bits per heavy atom. The van der Waals surface area contributed by atoms with Crippen LogP contribution < -0.4 is 0 Å². The molecule has 1 aliphatic carbocycles. The highest BCUT2D eigenvalue weighted by atomic mass is 19.1. The monoisotopic (exact) mass is 253 g/mol. The van der Waals surface area contributed by atoms with Crippen molar-refractivity contribution in [3.8, 4) is 11.1 Å². The van der Waals surface area contributed by atoms with E-state index in [1.165, 1.54) is 22.3 Å². The molecule has 0 amide bonds. The van der Waals surface area contributed by atoms with Crippen molar-refractivity contribution < 1.29 is 4.39 Å². The molecule has 1 nitrogen and oxygen atoms in total. The first kappa shape index (κ1) is 11.2. The maximum absolute atomic E-state index is 13.5. The van der Waals surface area contributed by atoms with Gasteiger partial charge in [-0.2, -0.15) is 0 Å². The molecule has 0 bridgehead atoms. The minimum absolute atomic E-state index is 0.140. The molecule has 4 rings (SSSR count). The molecule has 0 saturated carbocycles. The van der Waals surface area contributed by atoms with E-state index in [0.29, 0.717) is 6.04 Å². The number of hydrogen-bond donors (Lipinski definition) is 0. The third-order valence-electron chi connectivity index (χ3n) is 4.57. The molecule has 96 valence electrons. The second kappa shape index (κ2) is 3.91. The van der Waals surface area contributed by atoms with Crippen LogP contribution in [0.25, 0.3) is 11.1 Å². The van der Waals surface area contributed by atoms with Crippen molar-refractivity contribution in [3.63, 3.8) is 0 Å². The van der Waals surface area contributed by atoms with Gasteiger partial charge >= 0.3 is 0 Å². The molecule has 0 N–H and O–H groups in total. The van der Waals surface area contributed by atoms with Gasteiger partial charge in [0.15, 0.2) is 0 Å². The summed E-state index contributed by atoms with van der Waals surface area (Å²) in [5.74, 6) is -0.140. The topological polar surface area (TPSA) is 3.24 Å². The standard InChI is InChI=1S/C17H16FN/c1-19-8-7-11-3-2-4-14-15-10-13(18)6-5-12(15)9-16(19)17(11)14/h2-6,10,16H,7-9H2,1H3. The number of nitrogens with zero attached hydrogens (tertiary/aromatic N) is 1. The average molecular weight is 253 g/mol. The lowest BCUT2D eigenvalue weighted by Gasteiger charge is -2.39. The molecule has 2 aromatic carbocycles. The Morgan fingerprint density at radius 2 is 2.00 bits per heavy atom. The minimum Gasteiger partial charge on any atom is -0.299 e. The van der Waals surface area contributed by atoms with Crippen molar-refractivity contribution in [3.05, 3.63) is 58.9 Å². The van der Waals surface area contributed by atoms with Gasteiger partial charge in [0.05, 0.1) is 0 Å². The average Bonchev–Trinajstić information content (AvgIpc) is 2.43. The highest BCUT2D eigenvalue weighted by molar-refractivity contribution is 5.75. The maximum atomic E-state index is 13.5.